The molecule has 0 atom stereocenters. The Morgan fingerprint density at radius 2 is 1.88 bits per heavy atom. The average Bonchev–Trinajstić information content (AvgIpc) is 2.79. The van der Waals surface area contributed by atoms with E-state index in [-0.39, 0.29) is 0 Å². The fourth-order valence-corrected chi connectivity index (χ4v) is 4.08. The van der Waals surface area contributed by atoms with Crippen LogP contribution in [0.2, 0.25) is 0 Å². The van der Waals surface area contributed by atoms with Gasteiger partial charge in [0.15, 0.2) is 5.82 Å². The van der Waals surface area contributed by atoms with Gasteiger partial charge in [-0.05, 0) is 74.1 Å². The van der Waals surface area contributed by atoms with Crippen LogP contribution in [0.15, 0.2) is 89.1 Å². The standard InChI is InChI=1S/C27H26FN5/c1-18-5-4-6-21(13-19(2)27(18)22-9-10-31-25(28)15-22)14-20(3)33-26-8-7-23(16-32-26)24-17-29-11-12-30-24/h6-13,15-17H,4-5,14H2,1-3H3. The van der Waals surface area contributed by atoms with Crippen molar-refractivity contribution in [2.45, 2.75) is 40.0 Å². The zero-order chi connectivity index (χ0) is 23.2. The molecular formula is C27H26FN5. The Kier molecular flexibility index (Phi) is 6.93. The maximum atomic E-state index is 13.7. The fourth-order valence-electron chi connectivity index (χ4n) is 4.08. The van der Waals surface area contributed by atoms with Gasteiger partial charge in [-0.3, -0.25) is 9.97 Å². The van der Waals surface area contributed by atoms with Crippen molar-refractivity contribution in [1.82, 2.24) is 19.9 Å². The molecule has 0 fully saturated rings. The number of halogens is 1. The summed E-state index contributed by atoms with van der Waals surface area (Å²) in [7, 11) is 0. The molecule has 3 aromatic rings. The van der Waals surface area contributed by atoms with Crippen molar-refractivity contribution in [3.05, 3.63) is 95.6 Å². The second kappa shape index (κ2) is 10.2. The largest absolute Gasteiger partial charge is 0.261 e. The molecule has 0 bridgehead atoms. The minimum atomic E-state index is -0.459. The van der Waals surface area contributed by atoms with Gasteiger partial charge in [0.05, 0.1) is 11.9 Å². The van der Waals surface area contributed by atoms with Crippen molar-refractivity contribution in [2.75, 3.05) is 0 Å². The van der Waals surface area contributed by atoms with Gasteiger partial charge in [-0.15, -0.1) is 0 Å². The molecule has 1 aliphatic rings. The Balaban J connectivity index is 1.52. The van der Waals surface area contributed by atoms with Gasteiger partial charge >= 0.3 is 0 Å². The van der Waals surface area contributed by atoms with Crippen LogP contribution in [-0.4, -0.2) is 25.6 Å². The van der Waals surface area contributed by atoms with Gasteiger partial charge in [0.25, 0.3) is 0 Å². The van der Waals surface area contributed by atoms with E-state index in [1.54, 1.807) is 24.8 Å². The zero-order valence-corrected chi connectivity index (χ0v) is 19.1. The van der Waals surface area contributed by atoms with E-state index in [9.17, 15) is 4.39 Å². The summed E-state index contributed by atoms with van der Waals surface area (Å²) in [5.41, 5.74) is 8.19. The molecule has 0 unspecified atom stereocenters. The van der Waals surface area contributed by atoms with Crippen LogP contribution in [-0.2, 0) is 0 Å². The summed E-state index contributed by atoms with van der Waals surface area (Å²) >= 11 is 0. The molecule has 3 aromatic heterocycles. The van der Waals surface area contributed by atoms with E-state index >= 15 is 0 Å². The highest BCUT2D eigenvalue weighted by atomic mass is 19.1. The molecule has 0 aromatic carbocycles. The molecule has 6 heteroatoms. The van der Waals surface area contributed by atoms with Gasteiger partial charge in [-0.1, -0.05) is 17.7 Å². The van der Waals surface area contributed by atoms with Gasteiger partial charge in [0, 0.05) is 48.5 Å². The van der Waals surface area contributed by atoms with E-state index in [1.807, 2.05) is 25.1 Å². The van der Waals surface area contributed by atoms with Crippen molar-refractivity contribution in [3.63, 3.8) is 0 Å². The summed E-state index contributed by atoms with van der Waals surface area (Å²) in [6.45, 7) is 6.21. The van der Waals surface area contributed by atoms with E-state index in [1.165, 1.54) is 23.4 Å². The van der Waals surface area contributed by atoms with Gasteiger partial charge in [0.1, 0.15) is 0 Å². The predicted octanol–water partition coefficient (Wildman–Crippen LogP) is 6.70. The molecule has 33 heavy (non-hydrogen) atoms. The number of pyridine rings is 2. The van der Waals surface area contributed by atoms with Gasteiger partial charge in [0.2, 0.25) is 5.95 Å². The maximum absolute atomic E-state index is 13.7. The van der Waals surface area contributed by atoms with Gasteiger partial charge in [-0.25, -0.2) is 15.0 Å². The summed E-state index contributed by atoms with van der Waals surface area (Å²) in [5.74, 6) is 0.204. The Labute approximate surface area is 193 Å². The van der Waals surface area contributed by atoms with Crippen LogP contribution in [0.5, 0.6) is 0 Å². The predicted molar refractivity (Wildman–Crippen MR) is 131 cm³/mol. The van der Waals surface area contributed by atoms with Crippen molar-refractivity contribution >= 4 is 17.1 Å². The Morgan fingerprint density at radius 1 is 1.00 bits per heavy atom. The molecule has 0 aliphatic heterocycles. The van der Waals surface area contributed by atoms with E-state index in [4.69, 9.17) is 4.99 Å². The van der Waals surface area contributed by atoms with E-state index in [0.717, 1.165) is 52.9 Å². The minimum absolute atomic E-state index is 0.459. The lowest BCUT2D eigenvalue weighted by atomic mass is 9.88. The number of allylic oxidation sites excluding steroid dienone is 6. The van der Waals surface area contributed by atoms with E-state index < -0.39 is 5.95 Å². The molecule has 5 nitrogen and oxygen atoms in total. The van der Waals surface area contributed by atoms with Crippen LogP contribution in [0.1, 0.15) is 45.6 Å². The van der Waals surface area contributed by atoms with Crippen molar-refractivity contribution in [3.8, 4) is 11.3 Å². The Bertz CT molecular complexity index is 1260. The normalized spacial score (nSPS) is 15.0. The van der Waals surface area contributed by atoms with Crippen molar-refractivity contribution in [2.24, 2.45) is 4.99 Å². The lowest BCUT2D eigenvalue weighted by Gasteiger charge is -2.17. The lowest BCUT2D eigenvalue weighted by molar-refractivity contribution is 0.583. The number of hydrogen-bond acceptors (Lipinski definition) is 5. The summed E-state index contributed by atoms with van der Waals surface area (Å²) in [6, 6.07) is 7.22. The third-order valence-electron chi connectivity index (χ3n) is 5.54. The fraction of sp³-hybridized carbons (Fsp3) is 0.222. The number of aromatic nitrogens is 4. The highest BCUT2D eigenvalue weighted by molar-refractivity contribution is 5.88. The topological polar surface area (TPSA) is 63.9 Å². The molecule has 0 saturated heterocycles. The molecule has 0 radical (unpaired) electrons. The highest BCUT2D eigenvalue weighted by Gasteiger charge is 2.13. The maximum Gasteiger partial charge on any atom is 0.213 e. The molecule has 0 amide bonds. The summed E-state index contributed by atoms with van der Waals surface area (Å²) in [4.78, 5) is 21.3. The highest BCUT2D eigenvalue weighted by Crippen LogP contribution is 2.32. The number of hydrogen-bond donors (Lipinski definition) is 0. The zero-order valence-electron chi connectivity index (χ0n) is 19.1. The first-order valence-corrected chi connectivity index (χ1v) is 11.0. The SMILES string of the molecule is CC1=CC(CC(C)=Nc2ccc(-c3cnccn3)cn2)=CCCC(C)=C1c1ccnc(F)c1. The third-order valence-corrected chi connectivity index (χ3v) is 5.54. The molecule has 0 spiro atoms. The number of aliphatic imine (C=N–C) groups is 1. The quantitative estimate of drug-likeness (QED) is 0.328. The summed E-state index contributed by atoms with van der Waals surface area (Å²) in [6.07, 6.45) is 15.3. The van der Waals surface area contributed by atoms with E-state index in [2.05, 4.69) is 45.9 Å². The summed E-state index contributed by atoms with van der Waals surface area (Å²) in [5, 5.41) is 0. The molecule has 3 heterocycles. The van der Waals surface area contributed by atoms with Gasteiger partial charge in [-0.2, -0.15) is 4.39 Å². The van der Waals surface area contributed by atoms with Crippen LogP contribution in [0.25, 0.3) is 16.8 Å². The average molecular weight is 440 g/mol. The first kappa shape index (κ1) is 22.4. The molecule has 1 aliphatic carbocycles. The van der Waals surface area contributed by atoms with Crippen LogP contribution in [0.4, 0.5) is 10.2 Å². The van der Waals surface area contributed by atoms with Crippen LogP contribution in [0.3, 0.4) is 0 Å². The number of rotatable bonds is 5. The van der Waals surface area contributed by atoms with Crippen molar-refractivity contribution < 1.29 is 4.39 Å². The molecule has 0 saturated carbocycles. The first-order valence-electron chi connectivity index (χ1n) is 11.0. The van der Waals surface area contributed by atoms with Crippen LogP contribution < -0.4 is 0 Å². The second-order valence-corrected chi connectivity index (χ2v) is 8.19. The smallest absolute Gasteiger partial charge is 0.213 e. The van der Waals surface area contributed by atoms with Crippen LogP contribution >= 0.6 is 0 Å². The second-order valence-electron chi connectivity index (χ2n) is 8.19. The first-order chi connectivity index (χ1) is 16.0. The monoisotopic (exact) mass is 439 g/mol. The molecule has 4 rings (SSSR count). The lowest BCUT2D eigenvalue weighted by Crippen LogP contribution is -2.00. The number of nitrogens with zero attached hydrogens (tertiary/aromatic N) is 5. The Morgan fingerprint density at radius 3 is 2.61 bits per heavy atom. The summed E-state index contributed by atoms with van der Waals surface area (Å²) < 4.78 is 13.7. The van der Waals surface area contributed by atoms with Gasteiger partial charge < -0.3 is 0 Å². The molecule has 0 N–H and O–H groups in total. The third kappa shape index (κ3) is 5.71. The Hall–Kier alpha value is -3.80. The van der Waals surface area contributed by atoms with E-state index in [0.29, 0.717) is 5.82 Å². The molecular weight excluding hydrogens is 413 g/mol. The molecule has 166 valence electrons. The minimum Gasteiger partial charge on any atom is -0.261 e. The van der Waals surface area contributed by atoms with Crippen molar-refractivity contribution in [1.29, 1.82) is 0 Å². The van der Waals surface area contributed by atoms with Crippen LogP contribution in [0, 0.1) is 5.95 Å².